The highest BCUT2D eigenvalue weighted by atomic mass is 19.4. The van der Waals surface area contributed by atoms with Crippen LogP contribution in [0, 0.1) is 11.3 Å². The summed E-state index contributed by atoms with van der Waals surface area (Å²) in [6.45, 7) is 0. The van der Waals surface area contributed by atoms with Gasteiger partial charge in [0.25, 0.3) is 5.91 Å². The van der Waals surface area contributed by atoms with Gasteiger partial charge in [-0.25, -0.2) is 0 Å². The van der Waals surface area contributed by atoms with E-state index in [4.69, 9.17) is 5.26 Å². The van der Waals surface area contributed by atoms with E-state index in [0.717, 1.165) is 18.3 Å². The molecule has 0 radical (unpaired) electrons. The molecule has 2 aromatic carbocycles. The number of phenols is 1. The van der Waals surface area contributed by atoms with Crippen LogP contribution in [0.3, 0.4) is 0 Å². The predicted octanol–water partition coefficient (Wildman–Crippen LogP) is 3.87. The van der Waals surface area contributed by atoms with Gasteiger partial charge in [0.2, 0.25) is 0 Å². The molecule has 5 nitrogen and oxygen atoms in total. The molecule has 0 spiro atoms. The Balaban J connectivity index is 2.07. The lowest BCUT2D eigenvalue weighted by Crippen LogP contribution is -2.14. The molecular weight excluding hydrogens is 335 g/mol. The normalized spacial score (nSPS) is 11.5. The van der Waals surface area contributed by atoms with Crippen molar-refractivity contribution in [3.05, 3.63) is 65.9 Å². The minimum absolute atomic E-state index is 0.0526. The Hall–Kier alpha value is -3.47. The summed E-state index contributed by atoms with van der Waals surface area (Å²) in [6.07, 6.45) is -3.35. The molecule has 8 heteroatoms. The summed E-state index contributed by atoms with van der Waals surface area (Å²) in [5, 5.41) is 23.4. The minimum atomic E-state index is -4.44. The second-order valence-corrected chi connectivity index (χ2v) is 4.89. The van der Waals surface area contributed by atoms with Gasteiger partial charge in [0.05, 0.1) is 5.56 Å². The Morgan fingerprint density at radius 1 is 1.12 bits per heavy atom. The fraction of sp³-hybridized carbons (Fsp3) is 0.0588. The van der Waals surface area contributed by atoms with Crippen LogP contribution in [0.25, 0.3) is 0 Å². The summed E-state index contributed by atoms with van der Waals surface area (Å²) in [6, 6.07) is 11.6. The molecule has 1 amide bonds. The number of rotatable bonds is 4. The molecule has 0 saturated carbocycles. The lowest BCUT2D eigenvalue weighted by molar-refractivity contribution is -0.137. The molecule has 25 heavy (non-hydrogen) atoms. The first-order valence-electron chi connectivity index (χ1n) is 6.94. The number of carbonyl (C=O) groups excluding carboxylic acids is 1. The summed E-state index contributed by atoms with van der Waals surface area (Å²) < 4.78 is 37.5. The van der Waals surface area contributed by atoms with Crippen LogP contribution in [0.2, 0.25) is 0 Å². The molecule has 0 aromatic heterocycles. The first-order valence-corrected chi connectivity index (χ1v) is 6.94. The van der Waals surface area contributed by atoms with Gasteiger partial charge in [-0.3, -0.25) is 4.79 Å². The summed E-state index contributed by atoms with van der Waals surface area (Å²) in [4.78, 5) is 12.0. The zero-order valence-corrected chi connectivity index (χ0v) is 12.6. The molecule has 0 saturated heterocycles. The second-order valence-electron chi connectivity index (χ2n) is 4.89. The lowest BCUT2D eigenvalue weighted by atomic mass is 10.2. The predicted molar refractivity (Wildman–Crippen MR) is 85.5 cm³/mol. The monoisotopic (exact) mass is 347 g/mol. The first-order chi connectivity index (χ1) is 11.8. The van der Waals surface area contributed by atoms with Crippen LogP contribution < -0.4 is 10.6 Å². The van der Waals surface area contributed by atoms with Gasteiger partial charge in [0.1, 0.15) is 17.4 Å². The topological polar surface area (TPSA) is 85.2 Å². The van der Waals surface area contributed by atoms with Crippen molar-refractivity contribution in [2.45, 2.75) is 6.18 Å². The van der Waals surface area contributed by atoms with Crippen LogP contribution in [-0.4, -0.2) is 11.0 Å². The number of phenolic OH excluding ortho intramolecular Hbond substituents is 1. The van der Waals surface area contributed by atoms with E-state index in [1.54, 1.807) is 6.07 Å². The Morgan fingerprint density at radius 2 is 1.80 bits per heavy atom. The maximum absolute atomic E-state index is 12.5. The van der Waals surface area contributed by atoms with Gasteiger partial charge in [-0.1, -0.05) is 6.07 Å². The number of alkyl halides is 3. The van der Waals surface area contributed by atoms with E-state index in [1.165, 1.54) is 36.4 Å². The zero-order chi connectivity index (χ0) is 18.4. The number of benzene rings is 2. The fourth-order valence-corrected chi connectivity index (χ4v) is 1.84. The maximum atomic E-state index is 12.5. The lowest BCUT2D eigenvalue weighted by Gasteiger charge is -2.08. The molecule has 0 heterocycles. The number of nitrogens with zero attached hydrogens (tertiary/aromatic N) is 1. The SMILES string of the molecule is N#C/C(=C/Nc1ccc(C(F)(F)F)cc1)C(=O)Nc1cccc(O)c1. The highest BCUT2D eigenvalue weighted by Crippen LogP contribution is 2.29. The largest absolute Gasteiger partial charge is 0.508 e. The van der Waals surface area contributed by atoms with Gasteiger partial charge in [-0.05, 0) is 36.4 Å². The van der Waals surface area contributed by atoms with Gasteiger partial charge >= 0.3 is 6.18 Å². The fourth-order valence-electron chi connectivity index (χ4n) is 1.84. The molecule has 0 atom stereocenters. The third kappa shape index (κ3) is 5.00. The third-order valence-electron chi connectivity index (χ3n) is 3.06. The smallest absolute Gasteiger partial charge is 0.416 e. The summed E-state index contributed by atoms with van der Waals surface area (Å²) >= 11 is 0. The van der Waals surface area contributed by atoms with Crippen LogP contribution in [0.5, 0.6) is 5.75 Å². The quantitative estimate of drug-likeness (QED) is 0.579. The summed E-state index contributed by atoms with van der Waals surface area (Å²) in [5.74, 6) is -0.782. The van der Waals surface area contributed by atoms with E-state index in [0.29, 0.717) is 5.69 Å². The average molecular weight is 347 g/mol. The van der Waals surface area contributed by atoms with Crippen LogP contribution in [0.15, 0.2) is 60.3 Å². The summed E-state index contributed by atoms with van der Waals surface area (Å²) in [5.41, 5.74) is -0.515. The van der Waals surface area contributed by atoms with Crippen molar-refractivity contribution in [1.29, 1.82) is 5.26 Å². The van der Waals surface area contributed by atoms with Crippen LogP contribution in [0.4, 0.5) is 24.5 Å². The van der Waals surface area contributed by atoms with Crippen molar-refractivity contribution in [3.8, 4) is 11.8 Å². The van der Waals surface area contributed by atoms with Gasteiger partial charge in [-0.2, -0.15) is 18.4 Å². The Bertz CT molecular complexity index is 837. The number of hydrogen-bond donors (Lipinski definition) is 3. The minimum Gasteiger partial charge on any atom is -0.508 e. The van der Waals surface area contributed by atoms with E-state index in [-0.39, 0.29) is 17.0 Å². The molecule has 0 aliphatic heterocycles. The number of nitriles is 1. The van der Waals surface area contributed by atoms with Crippen LogP contribution >= 0.6 is 0 Å². The zero-order valence-electron chi connectivity index (χ0n) is 12.6. The van der Waals surface area contributed by atoms with E-state index >= 15 is 0 Å². The first kappa shape index (κ1) is 17.9. The Morgan fingerprint density at radius 3 is 2.36 bits per heavy atom. The Kier molecular flexibility index (Phi) is 5.29. The molecule has 128 valence electrons. The highest BCUT2D eigenvalue weighted by molar-refractivity contribution is 6.06. The molecule has 0 bridgehead atoms. The van der Waals surface area contributed by atoms with E-state index in [9.17, 15) is 23.1 Å². The van der Waals surface area contributed by atoms with Crippen LogP contribution in [-0.2, 0) is 11.0 Å². The average Bonchev–Trinajstić information content (AvgIpc) is 2.55. The number of halogens is 3. The van der Waals surface area contributed by atoms with E-state index in [1.807, 2.05) is 0 Å². The number of hydrogen-bond acceptors (Lipinski definition) is 4. The molecule has 2 aromatic rings. The highest BCUT2D eigenvalue weighted by Gasteiger charge is 2.29. The molecule has 0 unspecified atom stereocenters. The number of anilines is 2. The number of nitrogens with one attached hydrogen (secondary N) is 2. The molecular formula is C17H12F3N3O2. The van der Waals surface area contributed by atoms with Gasteiger partial charge < -0.3 is 15.7 Å². The van der Waals surface area contributed by atoms with E-state index < -0.39 is 17.6 Å². The van der Waals surface area contributed by atoms with Crippen molar-refractivity contribution >= 4 is 17.3 Å². The molecule has 0 aliphatic carbocycles. The molecule has 0 fully saturated rings. The second kappa shape index (κ2) is 7.40. The number of aromatic hydroxyl groups is 1. The summed E-state index contributed by atoms with van der Waals surface area (Å²) in [7, 11) is 0. The number of carbonyl (C=O) groups is 1. The van der Waals surface area contributed by atoms with Crippen molar-refractivity contribution in [2.75, 3.05) is 10.6 Å². The standard InChI is InChI=1S/C17H12F3N3O2/c18-17(19,20)12-4-6-13(7-5-12)22-10-11(9-21)16(25)23-14-2-1-3-15(24)8-14/h1-8,10,22,24H,(H,23,25)/b11-10-. The van der Waals surface area contributed by atoms with Crippen LogP contribution in [0.1, 0.15) is 5.56 Å². The maximum Gasteiger partial charge on any atom is 0.416 e. The van der Waals surface area contributed by atoms with Crippen molar-refractivity contribution in [3.63, 3.8) is 0 Å². The van der Waals surface area contributed by atoms with Gasteiger partial charge in [0.15, 0.2) is 0 Å². The van der Waals surface area contributed by atoms with Crippen molar-refractivity contribution in [1.82, 2.24) is 0 Å². The van der Waals surface area contributed by atoms with E-state index in [2.05, 4.69) is 10.6 Å². The third-order valence-corrected chi connectivity index (χ3v) is 3.06. The van der Waals surface area contributed by atoms with Gasteiger partial charge in [0, 0.05) is 23.6 Å². The van der Waals surface area contributed by atoms with Gasteiger partial charge in [-0.15, -0.1) is 0 Å². The Labute approximate surface area is 141 Å². The molecule has 2 rings (SSSR count). The molecule has 3 N–H and O–H groups in total. The number of amides is 1. The molecule has 0 aliphatic rings. The van der Waals surface area contributed by atoms with Crippen molar-refractivity contribution < 1.29 is 23.1 Å². The van der Waals surface area contributed by atoms with Crippen molar-refractivity contribution in [2.24, 2.45) is 0 Å².